The summed E-state index contributed by atoms with van der Waals surface area (Å²) in [5.74, 6) is 0.350. The summed E-state index contributed by atoms with van der Waals surface area (Å²) in [7, 11) is -3.35. The van der Waals surface area contributed by atoms with E-state index in [-0.39, 0.29) is 23.5 Å². The second kappa shape index (κ2) is 7.31. The number of thiazole rings is 1. The van der Waals surface area contributed by atoms with Gasteiger partial charge in [0.15, 0.2) is 5.13 Å². The van der Waals surface area contributed by atoms with E-state index in [2.05, 4.69) is 15.0 Å². The Morgan fingerprint density at radius 3 is 2.64 bits per heavy atom. The fourth-order valence-electron chi connectivity index (χ4n) is 2.78. The first-order chi connectivity index (χ1) is 11.8. The molecule has 1 aliphatic rings. The van der Waals surface area contributed by atoms with Gasteiger partial charge < -0.3 is 5.32 Å². The molecule has 1 saturated carbocycles. The standard InChI is InChI=1S/C16H18ClN3O3S2/c1-25(22,23)20-16-19-14(9-24-16)8-15(21)18-13-6-11(7-13)10-2-4-12(17)5-3-10/h2-5,9,11,13H,6-8H2,1H3,(H,18,21)(H,19,20). The van der Waals surface area contributed by atoms with E-state index in [9.17, 15) is 13.2 Å². The third kappa shape index (κ3) is 5.17. The Balaban J connectivity index is 1.45. The molecule has 3 rings (SSSR count). The lowest BCUT2D eigenvalue weighted by Crippen LogP contribution is -2.44. The first kappa shape index (κ1) is 18.2. The zero-order valence-corrected chi connectivity index (χ0v) is 15.9. The molecule has 1 aromatic carbocycles. The van der Waals surface area contributed by atoms with E-state index in [1.54, 1.807) is 5.38 Å². The number of nitrogens with zero attached hydrogens (tertiary/aromatic N) is 1. The van der Waals surface area contributed by atoms with Gasteiger partial charge in [0, 0.05) is 16.4 Å². The quantitative estimate of drug-likeness (QED) is 0.781. The lowest BCUT2D eigenvalue weighted by Gasteiger charge is -2.36. The first-order valence-electron chi connectivity index (χ1n) is 7.75. The Labute approximate surface area is 155 Å². The van der Waals surface area contributed by atoms with Crippen molar-refractivity contribution in [3.05, 3.63) is 45.9 Å². The molecular weight excluding hydrogens is 382 g/mol. The van der Waals surface area contributed by atoms with E-state index in [0.29, 0.717) is 11.6 Å². The number of rotatable bonds is 6. The second-order valence-electron chi connectivity index (χ2n) is 6.18. The lowest BCUT2D eigenvalue weighted by atomic mass is 9.76. The average molecular weight is 400 g/mol. The van der Waals surface area contributed by atoms with Crippen molar-refractivity contribution in [2.75, 3.05) is 11.0 Å². The maximum atomic E-state index is 12.1. The molecule has 0 bridgehead atoms. The molecule has 134 valence electrons. The molecule has 9 heteroatoms. The summed E-state index contributed by atoms with van der Waals surface area (Å²) < 4.78 is 24.6. The Morgan fingerprint density at radius 2 is 2.00 bits per heavy atom. The van der Waals surface area contributed by atoms with Crippen molar-refractivity contribution >= 4 is 44.0 Å². The lowest BCUT2D eigenvalue weighted by molar-refractivity contribution is -0.121. The van der Waals surface area contributed by atoms with Gasteiger partial charge in [-0.05, 0) is 36.5 Å². The first-order valence-corrected chi connectivity index (χ1v) is 10.9. The van der Waals surface area contributed by atoms with E-state index in [0.717, 1.165) is 35.5 Å². The number of carbonyl (C=O) groups excluding carboxylic acids is 1. The number of sulfonamides is 1. The van der Waals surface area contributed by atoms with Gasteiger partial charge in [0.1, 0.15) is 0 Å². The molecule has 1 heterocycles. The molecule has 2 N–H and O–H groups in total. The molecule has 0 radical (unpaired) electrons. The Bertz CT molecular complexity index is 859. The third-order valence-corrected chi connectivity index (χ3v) is 5.76. The van der Waals surface area contributed by atoms with Crippen LogP contribution in [-0.4, -0.2) is 31.6 Å². The maximum Gasteiger partial charge on any atom is 0.231 e. The topological polar surface area (TPSA) is 88.2 Å². The van der Waals surface area contributed by atoms with E-state index in [4.69, 9.17) is 11.6 Å². The number of nitrogens with one attached hydrogen (secondary N) is 2. The molecule has 0 unspecified atom stereocenters. The molecule has 25 heavy (non-hydrogen) atoms. The minimum Gasteiger partial charge on any atom is -0.353 e. The summed E-state index contributed by atoms with van der Waals surface area (Å²) in [6.45, 7) is 0. The summed E-state index contributed by atoms with van der Waals surface area (Å²) >= 11 is 7.05. The van der Waals surface area contributed by atoms with Crippen LogP contribution in [-0.2, 0) is 21.2 Å². The normalized spacial score (nSPS) is 19.9. The van der Waals surface area contributed by atoms with Gasteiger partial charge in [0.2, 0.25) is 15.9 Å². The van der Waals surface area contributed by atoms with Crippen molar-refractivity contribution in [1.29, 1.82) is 0 Å². The number of anilines is 1. The second-order valence-corrected chi connectivity index (χ2v) is 9.22. The van der Waals surface area contributed by atoms with Gasteiger partial charge in [-0.1, -0.05) is 23.7 Å². The summed E-state index contributed by atoms with van der Waals surface area (Å²) in [6, 6.07) is 7.98. The molecule has 1 aromatic heterocycles. The van der Waals surface area contributed by atoms with Gasteiger partial charge >= 0.3 is 0 Å². The van der Waals surface area contributed by atoms with Gasteiger partial charge in [-0.25, -0.2) is 13.4 Å². The summed E-state index contributed by atoms with van der Waals surface area (Å²) in [4.78, 5) is 16.2. The molecule has 0 saturated heterocycles. The van der Waals surface area contributed by atoms with Crippen LogP contribution < -0.4 is 10.0 Å². The highest BCUT2D eigenvalue weighted by Gasteiger charge is 2.31. The minimum atomic E-state index is -3.35. The molecule has 0 spiro atoms. The van der Waals surface area contributed by atoms with Crippen molar-refractivity contribution in [3.8, 4) is 0 Å². The summed E-state index contributed by atoms with van der Waals surface area (Å²) in [5.41, 5.74) is 1.80. The maximum absolute atomic E-state index is 12.1. The van der Waals surface area contributed by atoms with Crippen LogP contribution in [0.3, 0.4) is 0 Å². The van der Waals surface area contributed by atoms with Gasteiger partial charge in [0.25, 0.3) is 0 Å². The van der Waals surface area contributed by atoms with Crippen molar-refractivity contribution in [2.45, 2.75) is 31.2 Å². The van der Waals surface area contributed by atoms with Crippen LogP contribution in [0.25, 0.3) is 0 Å². The largest absolute Gasteiger partial charge is 0.353 e. The number of benzene rings is 1. The zero-order valence-electron chi connectivity index (χ0n) is 13.5. The molecule has 1 aliphatic carbocycles. The fraction of sp³-hybridized carbons (Fsp3) is 0.375. The smallest absolute Gasteiger partial charge is 0.231 e. The minimum absolute atomic E-state index is 0.101. The van der Waals surface area contributed by atoms with Crippen molar-refractivity contribution in [1.82, 2.24) is 10.3 Å². The molecule has 0 aliphatic heterocycles. The Kier molecular flexibility index (Phi) is 5.31. The summed E-state index contributed by atoms with van der Waals surface area (Å²) in [5, 5.41) is 5.68. The molecule has 1 amide bonds. The average Bonchev–Trinajstić information content (AvgIpc) is 2.88. The highest BCUT2D eigenvalue weighted by molar-refractivity contribution is 7.92. The van der Waals surface area contributed by atoms with Crippen LogP contribution >= 0.6 is 22.9 Å². The molecule has 0 atom stereocenters. The van der Waals surface area contributed by atoms with Crippen LogP contribution in [0, 0.1) is 0 Å². The predicted molar refractivity (Wildman–Crippen MR) is 99.6 cm³/mol. The number of hydrogen-bond acceptors (Lipinski definition) is 5. The Morgan fingerprint density at radius 1 is 1.32 bits per heavy atom. The van der Waals surface area contributed by atoms with Gasteiger partial charge in [-0.3, -0.25) is 9.52 Å². The van der Waals surface area contributed by atoms with Gasteiger partial charge in [-0.15, -0.1) is 11.3 Å². The van der Waals surface area contributed by atoms with E-state index < -0.39 is 10.0 Å². The van der Waals surface area contributed by atoms with Gasteiger partial charge in [-0.2, -0.15) is 0 Å². The third-order valence-electron chi connectivity index (χ3n) is 4.01. The molecule has 1 fully saturated rings. The predicted octanol–water partition coefficient (Wildman–Crippen LogP) is 2.77. The molecule has 2 aromatic rings. The molecular formula is C16H18ClN3O3S2. The molecule has 6 nitrogen and oxygen atoms in total. The number of halogens is 1. The van der Waals surface area contributed by atoms with Crippen LogP contribution in [0.15, 0.2) is 29.6 Å². The SMILES string of the molecule is CS(=O)(=O)Nc1nc(CC(=O)NC2CC(c3ccc(Cl)cc3)C2)cs1. The van der Waals surface area contributed by atoms with Crippen LogP contribution in [0.4, 0.5) is 5.13 Å². The van der Waals surface area contributed by atoms with Crippen molar-refractivity contribution in [2.24, 2.45) is 0 Å². The van der Waals surface area contributed by atoms with Crippen LogP contribution in [0.2, 0.25) is 5.02 Å². The number of aromatic nitrogens is 1. The zero-order chi connectivity index (χ0) is 18.0. The van der Waals surface area contributed by atoms with Crippen LogP contribution in [0.5, 0.6) is 0 Å². The number of carbonyl (C=O) groups is 1. The van der Waals surface area contributed by atoms with Gasteiger partial charge in [0.05, 0.1) is 18.4 Å². The van der Waals surface area contributed by atoms with Crippen molar-refractivity contribution in [3.63, 3.8) is 0 Å². The number of amides is 1. The summed E-state index contributed by atoms with van der Waals surface area (Å²) in [6.07, 6.45) is 3.02. The highest BCUT2D eigenvalue weighted by atomic mass is 35.5. The van der Waals surface area contributed by atoms with E-state index >= 15 is 0 Å². The van der Waals surface area contributed by atoms with Crippen molar-refractivity contribution < 1.29 is 13.2 Å². The Hall–Kier alpha value is -1.64. The highest BCUT2D eigenvalue weighted by Crippen LogP contribution is 2.37. The van der Waals surface area contributed by atoms with E-state index in [1.165, 1.54) is 5.56 Å². The number of hydrogen-bond donors (Lipinski definition) is 2. The van der Waals surface area contributed by atoms with Crippen LogP contribution in [0.1, 0.15) is 30.0 Å². The van der Waals surface area contributed by atoms with E-state index in [1.807, 2.05) is 24.3 Å². The monoisotopic (exact) mass is 399 g/mol. The fourth-order valence-corrected chi connectivity index (χ4v) is 4.47.